The summed E-state index contributed by atoms with van der Waals surface area (Å²) >= 11 is 0. The molecule has 4 rings (SSSR count). The lowest BCUT2D eigenvalue weighted by atomic mass is 9.98. The molecule has 0 saturated heterocycles. The Morgan fingerprint density at radius 2 is 1.62 bits per heavy atom. The van der Waals surface area contributed by atoms with Crippen molar-refractivity contribution in [1.29, 1.82) is 0 Å². The summed E-state index contributed by atoms with van der Waals surface area (Å²) < 4.78 is 10.6. The molecule has 8 nitrogen and oxygen atoms in total. The number of methoxy groups -OCH3 is 1. The second-order valence-corrected chi connectivity index (χ2v) is 8.37. The lowest BCUT2D eigenvalue weighted by molar-refractivity contribution is -0.150. The molecular formula is C29H27N3O5. The summed E-state index contributed by atoms with van der Waals surface area (Å²) in [7, 11) is 1.59. The first-order chi connectivity index (χ1) is 17.9. The third kappa shape index (κ3) is 6.49. The molecule has 1 unspecified atom stereocenters. The molecule has 3 aromatic carbocycles. The molecule has 1 N–H and O–H groups in total. The molecule has 0 spiro atoms. The number of carbonyl (C=O) groups is 3. The van der Waals surface area contributed by atoms with Crippen LogP contribution in [0.1, 0.15) is 36.1 Å². The number of nitrogens with one attached hydrogen (secondary N) is 1. The average molecular weight is 498 g/mol. The first-order valence-electron chi connectivity index (χ1n) is 11.7. The van der Waals surface area contributed by atoms with Gasteiger partial charge in [0.2, 0.25) is 5.91 Å². The number of esters is 1. The predicted octanol–water partition coefficient (Wildman–Crippen LogP) is 4.09. The molecule has 0 aromatic heterocycles. The van der Waals surface area contributed by atoms with Crippen LogP contribution in [0.5, 0.6) is 5.75 Å². The Kier molecular flexibility index (Phi) is 8.10. The molecule has 0 aliphatic carbocycles. The maximum Gasteiger partial charge on any atom is 0.355 e. The second-order valence-electron chi connectivity index (χ2n) is 8.37. The van der Waals surface area contributed by atoms with Crippen LogP contribution >= 0.6 is 0 Å². The number of ether oxygens (including phenoxy) is 2. The van der Waals surface area contributed by atoms with E-state index in [1.807, 2.05) is 60.7 Å². The zero-order chi connectivity index (χ0) is 26.2. The van der Waals surface area contributed by atoms with Crippen molar-refractivity contribution in [3.63, 3.8) is 0 Å². The Labute approximate surface area is 215 Å². The average Bonchev–Trinajstić information content (AvgIpc) is 3.38. The van der Waals surface area contributed by atoms with Gasteiger partial charge in [-0.05, 0) is 34.9 Å². The predicted molar refractivity (Wildman–Crippen MR) is 139 cm³/mol. The van der Waals surface area contributed by atoms with Gasteiger partial charge in [0.1, 0.15) is 11.4 Å². The maximum absolute atomic E-state index is 13.2. The Bertz CT molecular complexity index is 1320. The smallest absolute Gasteiger partial charge is 0.355 e. The van der Waals surface area contributed by atoms with Gasteiger partial charge in [-0.2, -0.15) is 5.10 Å². The summed E-state index contributed by atoms with van der Waals surface area (Å²) in [6, 6.07) is 25.7. The van der Waals surface area contributed by atoms with Gasteiger partial charge in [-0.3, -0.25) is 9.59 Å². The van der Waals surface area contributed by atoms with Crippen LogP contribution in [0.2, 0.25) is 0 Å². The molecule has 0 radical (unpaired) electrons. The Balaban J connectivity index is 1.53. The quantitative estimate of drug-likeness (QED) is 0.373. The summed E-state index contributed by atoms with van der Waals surface area (Å²) in [5.41, 5.74) is 3.17. The van der Waals surface area contributed by atoms with E-state index in [2.05, 4.69) is 10.4 Å². The first-order valence-corrected chi connectivity index (χ1v) is 11.7. The molecule has 0 saturated carbocycles. The van der Waals surface area contributed by atoms with E-state index in [1.165, 1.54) is 18.0 Å². The zero-order valence-electron chi connectivity index (χ0n) is 20.6. The van der Waals surface area contributed by atoms with Crippen molar-refractivity contribution < 1.29 is 23.9 Å². The lowest BCUT2D eigenvalue weighted by Gasteiger charge is -2.22. The van der Waals surface area contributed by atoms with Gasteiger partial charge in [0.25, 0.3) is 5.91 Å². The van der Waals surface area contributed by atoms with E-state index in [1.54, 1.807) is 31.4 Å². The highest BCUT2D eigenvalue weighted by atomic mass is 16.5. The lowest BCUT2D eigenvalue weighted by Crippen LogP contribution is -2.33. The Morgan fingerprint density at radius 1 is 0.973 bits per heavy atom. The molecule has 1 aliphatic rings. The van der Waals surface area contributed by atoms with Crippen LogP contribution in [0.15, 0.2) is 95.7 Å². The van der Waals surface area contributed by atoms with E-state index in [0.717, 1.165) is 16.8 Å². The zero-order valence-corrected chi connectivity index (χ0v) is 20.6. The standard InChI is InChI=1S/C29H27N3O5/c1-20(33)30-26(17-21-9-5-3-6-10-21)29(35)37-19-28(34)32-27(23-13-15-24(36-2)16-14-23)18-25(31-32)22-11-7-4-8-12-22/h3-17,27H,18-19H2,1-2H3,(H,30,33)/b26-17-. The minimum absolute atomic E-state index is 0.0619. The van der Waals surface area contributed by atoms with E-state index in [-0.39, 0.29) is 11.7 Å². The minimum Gasteiger partial charge on any atom is -0.497 e. The van der Waals surface area contributed by atoms with E-state index >= 15 is 0 Å². The summed E-state index contributed by atoms with van der Waals surface area (Å²) in [6.07, 6.45) is 2.00. The third-order valence-corrected chi connectivity index (χ3v) is 5.74. The van der Waals surface area contributed by atoms with Crippen LogP contribution in [0.3, 0.4) is 0 Å². The fourth-order valence-corrected chi connectivity index (χ4v) is 3.95. The van der Waals surface area contributed by atoms with Gasteiger partial charge in [0.15, 0.2) is 6.61 Å². The van der Waals surface area contributed by atoms with Crippen molar-refractivity contribution in [2.45, 2.75) is 19.4 Å². The second kappa shape index (κ2) is 11.8. The van der Waals surface area contributed by atoms with E-state index in [0.29, 0.717) is 17.7 Å². The SMILES string of the molecule is COc1ccc(C2CC(c3ccccc3)=NN2C(=O)COC(=O)/C(=C/c2ccccc2)NC(C)=O)cc1. The van der Waals surface area contributed by atoms with Crippen molar-refractivity contribution in [2.24, 2.45) is 5.10 Å². The molecule has 0 bridgehead atoms. The van der Waals surface area contributed by atoms with Gasteiger partial charge >= 0.3 is 5.97 Å². The van der Waals surface area contributed by atoms with Gasteiger partial charge in [-0.25, -0.2) is 9.80 Å². The van der Waals surface area contributed by atoms with Crippen LogP contribution in [-0.4, -0.2) is 42.2 Å². The maximum atomic E-state index is 13.2. The number of amides is 2. The highest BCUT2D eigenvalue weighted by Crippen LogP contribution is 2.33. The van der Waals surface area contributed by atoms with Gasteiger partial charge in [0, 0.05) is 13.3 Å². The molecular weight excluding hydrogens is 470 g/mol. The van der Waals surface area contributed by atoms with Crippen molar-refractivity contribution in [3.05, 3.63) is 107 Å². The third-order valence-electron chi connectivity index (χ3n) is 5.74. The Morgan fingerprint density at radius 3 is 2.24 bits per heavy atom. The fourth-order valence-electron chi connectivity index (χ4n) is 3.95. The fraction of sp³-hybridized carbons (Fsp3) is 0.172. The number of carbonyl (C=O) groups excluding carboxylic acids is 3. The molecule has 188 valence electrons. The molecule has 3 aromatic rings. The number of rotatable bonds is 8. The van der Waals surface area contributed by atoms with Crippen LogP contribution in [0, 0.1) is 0 Å². The largest absolute Gasteiger partial charge is 0.497 e. The number of hydrazone groups is 1. The molecule has 1 atom stereocenters. The van der Waals surface area contributed by atoms with Crippen molar-refractivity contribution in [3.8, 4) is 5.75 Å². The molecule has 1 heterocycles. The van der Waals surface area contributed by atoms with Crippen molar-refractivity contribution in [2.75, 3.05) is 13.7 Å². The molecule has 1 aliphatic heterocycles. The Hall–Kier alpha value is -4.72. The highest BCUT2D eigenvalue weighted by molar-refractivity contribution is 6.03. The molecule has 0 fully saturated rings. The van der Waals surface area contributed by atoms with E-state index in [4.69, 9.17) is 9.47 Å². The first kappa shape index (κ1) is 25.4. The van der Waals surface area contributed by atoms with Crippen molar-refractivity contribution in [1.82, 2.24) is 10.3 Å². The van der Waals surface area contributed by atoms with Crippen molar-refractivity contribution >= 4 is 29.6 Å². The molecule has 37 heavy (non-hydrogen) atoms. The summed E-state index contributed by atoms with van der Waals surface area (Å²) in [5.74, 6) is -1.03. The monoisotopic (exact) mass is 497 g/mol. The number of benzene rings is 3. The van der Waals surface area contributed by atoms with Gasteiger partial charge in [-0.15, -0.1) is 0 Å². The number of nitrogens with zero attached hydrogens (tertiary/aromatic N) is 2. The number of hydrogen-bond acceptors (Lipinski definition) is 6. The van der Waals surface area contributed by atoms with Gasteiger partial charge in [0.05, 0.1) is 18.9 Å². The van der Waals surface area contributed by atoms with Gasteiger partial charge in [-0.1, -0.05) is 72.8 Å². The number of hydrogen-bond donors (Lipinski definition) is 1. The normalized spacial score (nSPS) is 15.1. The van der Waals surface area contributed by atoms with E-state index in [9.17, 15) is 14.4 Å². The summed E-state index contributed by atoms with van der Waals surface area (Å²) in [5, 5.41) is 8.43. The molecule has 8 heteroatoms. The van der Waals surface area contributed by atoms with Gasteiger partial charge < -0.3 is 14.8 Å². The van der Waals surface area contributed by atoms with Crippen LogP contribution in [0.4, 0.5) is 0 Å². The molecule has 2 amide bonds. The summed E-state index contributed by atoms with van der Waals surface area (Å²) in [4.78, 5) is 37.7. The highest BCUT2D eigenvalue weighted by Gasteiger charge is 2.33. The minimum atomic E-state index is -0.820. The van der Waals surface area contributed by atoms with Crippen LogP contribution < -0.4 is 10.1 Å². The van der Waals surface area contributed by atoms with Crippen LogP contribution in [-0.2, 0) is 19.1 Å². The topological polar surface area (TPSA) is 97.3 Å². The summed E-state index contributed by atoms with van der Waals surface area (Å²) in [6.45, 7) is 0.754. The van der Waals surface area contributed by atoms with E-state index < -0.39 is 24.4 Å². The van der Waals surface area contributed by atoms with Crippen LogP contribution in [0.25, 0.3) is 6.08 Å².